The van der Waals surface area contributed by atoms with Crippen molar-refractivity contribution in [3.05, 3.63) is 0 Å². The van der Waals surface area contributed by atoms with Crippen molar-refractivity contribution in [1.29, 1.82) is 0 Å². The second-order valence-electron chi connectivity index (χ2n) is 4.75. The van der Waals surface area contributed by atoms with Crippen LogP contribution in [0.1, 0.15) is 26.2 Å². The second-order valence-corrected chi connectivity index (χ2v) is 4.75. The fourth-order valence-electron chi connectivity index (χ4n) is 2.69. The van der Waals surface area contributed by atoms with Gasteiger partial charge < -0.3 is 10.1 Å². The quantitative estimate of drug-likeness (QED) is 0.714. The summed E-state index contributed by atoms with van der Waals surface area (Å²) in [5.74, 6) is 0.727. The lowest BCUT2D eigenvalue weighted by atomic mass is 9.96. The third-order valence-electron chi connectivity index (χ3n) is 3.71. The summed E-state index contributed by atoms with van der Waals surface area (Å²) in [5.41, 5.74) is 0. The molecule has 2 aliphatic heterocycles. The highest BCUT2D eigenvalue weighted by atomic mass is 16.5. The van der Waals surface area contributed by atoms with Crippen LogP contribution in [0.3, 0.4) is 0 Å². The van der Waals surface area contributed by atoms with Gasteiger partial charge in [-0.05, 0) is 38.4 Å². The highest BCUT2D eigenvalue weighted by Gasteiger charge is 2.32. The fourth-order valence-corrected chi connectivity index (χ4v) is 2.69. The number of piperidine rings is 1. The van der Waals surface area contributed by atoms with Gasteiger partial charge in [-0.2, -0.15) is 0 Å². The van der Waals surface area contributed by atoms with Crippen molar-refractivity contribution in [3.8, 4) is 0 Å². The zero-order valence-corrected chi connectivity index (χ0v) is 10.1. The van der Waals surface area contributed by atoms with E-state index in [4.69, 9.17) is 4.74 Å². The Kier molecular flexibility index (Phi) is 4.18. The number of carbonyl (C=O) groups excluding carboxylic acids is 1. The van der Waals surface area contributed by atoms with Crippen LogP contribution in [-0.2, 0) is 9.53 Å². The molecule has 2 aliphatic rings. The van der Waals surface area contributed by atoms with Crippen molar-refractivity contribution < 1.29 is 9.53 Å². The lowest BCUT2D eigenvalue weighted by molar-refractivity contribution is -0.142. The van der Waals surface area contributed by atoms with Crippen LogP contribution in [0.15, 0.2) is 0 Å². The number of likely N-dealkylation sites (N-methyl/N-ethyl adjacent to an activating group) is 1. The first kappa shape index (κ1) is 11.9. The smallest absolute Gasteiger partial charge is 0.323 e. The van der Waals surface area contributed by atoms with E-state index in [0.29, 0.717) is 6.61 Å². The number of esters is 1. The van der Waals surface area contributed by atoms with Crippen LogP contribution in [0.4, 0.5) is 0 Å². The second kappa shape index (κ2) is 5.64. The monoisotopic (exact) mass is 226 g/mol. The number of carbonyl (C=O) groups is 1. The number of rotatable bonds is 4. The van der Waals surface area contributed by atoms with Crippen LogP contribution in [0.25, 0.3) is 0 Å². The Morgan fingerprint density at radius 2 is 2.12 bits per heavy atom. The Morgan fingerprint density at radius 3 is 2.69 bits per heavy atom. The van der Waals surface area contributed by atoms with Gasteiger partial charge in [-0.25, -0.2) is 0 Å². The maximum atomic E-state index is 11.5. The van der Waals surface area contributed by atoms with E-state index in [1.54, 1.807) is 0 Å². The molecule has 2 saturated heterocycles. The summed E-state index contributed by atoms with van der Waals surface area (Å²) >= 11 is 0. The summed E-state index contributed by atoms with van der Waals surface area (Å²) in [7, 11) is 0. The molecule has 0 aliphatic carbocycles. The van der Waals surface area contributed by atoms with Crippen LogP contribution in [0.5, 0.6) is 0 Å². The van der Waals surface area contributed by atoms with Crippen molar-refractivity contribution in [2.75, 3.05) is 32.8 Å². The molecule has 0 aromatic carbocycles. The van der Waals surface area contributed by atoms with Crippen LogP contribution >= 0.6 is 0 Å². The van der Waals surface area contributed by atoms with E-state index in [1.165, 1.54) is 12.8 Å². The van der Waals surface area contributed by atoms with Gasteiger partial charge in [0.05, 0.1) is 6.61 Å². The van der Waals surface area contributed by atoms with E-state index in [0.717, 1.165) is 38.5 Å². The Bertz CT molecular complexity index is 239. The summed E-state index contributed by atoms with van der Waals surface area (Å²) in [5, 5.41) is 3.37. The van der Waals surface area contributed by atoms with Gasteiger partial charge in [-0.1, -0.05) is 6.92 Å². The molecule has 1 N–H and O–H groups in total. The lowest BCUT2D eigenvalue weighted by Gasteiger charge is -2.31. The van der Waals surface area contributed by atoms with Crippen LogP contribution in [0.2, 0.25) is 0 Å². The summed E-state index contributed by atoms with van der Waals surface area (Å²) in [6, 6.07) is 0.0277. The van der Waals surface area contributed by atoms with Crippen molar-refractivity contribution in [3.63, 3.8) is 0 Å². The topological polar surface area (TPSA) is 41.6 Å². The molecule has 2 heterocycles. The van der Waals surface area contributed by atoms with Gasteiger partial charge >= 0.3 is 5.97 Å². The van der Waals surface area contributed by atoms with E-state index in [9.17, 15) is 4.79 Å². The molecule has 4 nitrogen and oxygen atoms in total. The molecule has 1 atom stereocenters. The zero-order chi connectivity index (χ0) is 11.4. The maximum Gasteiger partial charge on any atom is 0.323 e. The van der Waals surface area contributed by atoms with Gasteiger partial charge in [0.25, 0.3) is 0 Å². The van der Waals surface area contributed by atoms with Crippen molar-refractivity contribution in [2.24, 2.45) is 5.92 Å². The summed E-state index contributed by atoms with van der Waals surface area (Å²) in [6.07, 6.45) is 3.34. The molecule has 0 aromatic heterocycles. The molecule has 0 bridgehead atoms. The number of cyclic esters (lactones) is 1. The number of nitrogens with zero attached hydrogens (tertiary/aromatic N) is 1. The molecule has 0 saturated carbocycles. The van der Waals surface area contributed by atoms with Gasteiger partial charge in [0.15, 0.2) is 0 Å². The Balaban J connectivity index is 1.86. The minimum absolute atomic E-state index is 0.0178. The van der Waals surface area contributed by atoms with Crippen LogP contribution in [-0.4, -0.2) is 49.7 Å². The molecule has 0 aromatic rings. The molecule has 16 heavy (non-hydrogen) atoms. The molecule has 2 fully saturated rings. The van der Waals surface area contributed by atoms with E-state index < -0.39 is 0 Å². The average molecular weight is 226 g/mol. The Morgan fingerprint density at radius 1 is 1.38 bits per heavy atom. The molecule has 92 valence electrons. The number of hydrogen-bond donors (Lipinski definition) is 1. The molecule has 0 radical (unpaired) electrons. The van der Waals surface area contributed by atoms with Crippen molar-refractivity contribution >= 4 is 5.97 Å². The summed E-state index contributed by atoms with van der Waals surface area (Å²) in [6.45, 7) is 6.98. The van der Waals surface area contributed by atoms with E-state index >= 15 is 0 Å². The first-order valence-corrected chi connectivity index (χ1v) is 6.42. The van der Waals surface area contributed by atoms with Crippen LogP contribution < -0.4 is 5.32 Å². The SMILES string of the molecule is CCN(CC1CCNCC1)C1CCOC1=O. The number of nitrogens with one attached hydrogen (secondary N) is 1. The first-order valence-electron chi connectivity index (χ1n) is 6.42. The number of hydrogen-bond acceptors (Lipinski definition) is 4. The molecular formula is C12H22N2O2. The fraction of sp³-hybridized carbons (Fsp3) is 0.917. The lowest BCUT2D eigenvalue weighted by Crippen LogP contribution is -2.43. The Labute approximate surface area is 97.3 Å². The summed E-state index contributed by atoms with van der Waals surface area (Å²) < 4.78 is 5.04. The van der Waals surface area contributed by atoms with Gasteiger partial charge in [0, 0.05) is 13.0 Å². The highest BCUT2D eigenvalue weighted by molar-refractivity contribution is 5.77. The van der Waals surface area contributed by atoms with Gasteiger partial charge in [-0.15, -0.1) is 0 Å². The van der Waals surface area contributed by atoms with Gasteiger partial charge in [0.1, 0.15) is 6.04 Å². The molecule has 0 spiro atoms. The minimum atomic E-state index is -0.0178. The molecule has 1 unspecified atom stereocenters. The first-order chi connectivity index (χ1) is 7.81. The Hall–Kier alpha value is -0.610. The number of ether oxygens (including phenoxy) is 1. The van der Waals surface area contributed by atoms with Gasteiger partial charge in [-0.3, -0.25) is 9.69 Å². The molecule has 0 amide bonds. The van der Waals surface area contributed by atoms with Crippen LogP contribution in [0, 0.1) is 5.92 Å². The molecular weight excluding hydrogens is 204 g/mol. The molecule has 2 rings (SSSR count). The minimum Gasteiger partial charge on any atom is -0.464 e. The third-order valence-corrected chi connectivity index (χ3v) is 3.71. The summed E-state index contributed by atoms with van der Waals surface area (Å²) in [4.78, 5) is 13.8. The standard InChI is InChI=1S/C12H22N2O2/c1-2-14(11-5-8-16-12(11)15)9-10-3-6-13-7-4-10/h10-11,13H,2-9H2,1H3. The highest BCUT2D eigenvalue weighted by Crippen LogP contribution is 2.19. The van der Waals surface area contributed by atoms with E-state index in [1.807, 2.05) is 0 Å². The predicted octanol–water partition coefficient (Wildman–Crippen LogP) is 0.623. The van der Waals surface area contributed by atoms with Crippen molar-refractivity contribution in [2.45, 2.75) is 32.2 Å². The third kappa shape index (κ3) is 2.74. The zero-order valence-electron chi connectivity index (χ0n) is 10.1. The maximum absolute atomic E-state index is 11.5. The molecule has 4 heteroatoms. The largest absolute Gasteiger partial charge is 0.464 e. The van der Waals surface area contributed by atoms with Crippen molar-refractivity contribution in [1.82, 2.24) is 10.2 Å². The van der Waals surface area contributed by atoms with Gasteiger partial charge in [0.2, 0.25) is 0 Å². The predicted molar refractivity (Wildman–Crippen MR) is 62.2 cm³/mol. The average Bonchev–Trinajstić information content (AvgIpc) is 2.74. The van der Waals surface area contributed by atoms with E-state index in [-0.39, 0.29) is 12.0 Å². The van der Waals surface area contributed by atoms with E-state index in [2.05, 4.69) is 17.1 Å². The normalized spacial score (nSPS) is 27.4.